The summed E-state index contributed by atoms with van der Waals surface area (Å²) in [5, 5.41) is 0. The Morgan fingerprint density at radius 3 is 2.20 bits per heavy atom. The predicted molar refractivity (Wildman–Crippen MR) is 84.0 cm³/mol. The van der Waals surface area contributed by atoms with Crippen LogP contribution < -0.4 is 9.47 Å². The van der Waals surface area contributed by atoms with Crippen molar-refractivity contribution in [3.63, 3.8) is 0 Å². The van der Waals surface area contributed by atoms with Crippen LogP contribution >= 0.6 is 0 Å². The van der Waals surface area contributed by atoms with Crippen molar-refractivity contribution in [2.45, 2.75) is 58.0 Å². The Labute approximate surface area is 144 Å². The summed E-state index contributed by atoms with van der Waals surface area (Å²) >= 11 is 0. The second-order valence-electron chi connectivity index (χ2n) is 6.36. The van der Waals surface area contributed by atoms with E-state index in [0.717, 1.165) is 44.2 Å². The largest absolute Gasteiger partial charge is 0.461 e. The second kappa shape index (κ2) is 8.54. The molecule has 7 heteroatoms. The minimum atomic E-state index is -4.56. The summed E-state index contributed by atoms with van der Waals surface area (Å²) < 4.78 is 59.0. The zero-order valence-corrected chi connectivity index (χ0v) is 14.0. The first-order valence-electron chi connectivity index (χ1n) is 8.48. The maximum atomic E-state index is 12.8. The van der Waals surface area contributed by atoms with E-state index in [4.69, 9.17) is 4.74 Å². The maximum Gasteiger partial charge on any atom is 0.461 e. The van der Waals surface area contributed by atoms with Gasteiger partial charge in [-0.1, -0.05) is 19.8 Å². The molecule has 1 fully saturated rings. The Hall–Kier alpha value is -1.79. The first kappa shape index (κ1) is 19.5. The molecule has 0 bridgehead atoms. The highest BCUT2D eigenvalue weighted by Crippen LogP contribution is 2.33. The Balaban J connectivity index is 1.86. The van der Waals surface area contributed by atoms with E-state index in [0.29, 0.717) is 5.92 Å². The van der Waals surface area contributed by atoms with Crippen LogP contribution in [0.25, 0.3) is 0 Å². The minimum absolute atomic E-state index is 0.160. The Kier molecular flexibility index (Phi) is 6.67. The fourth-order valence-corrected chi connectivity index (χ4v) is 3.07. The van der Waals surface area contributed by atoms with Gasteiger partial charge in [0.25, 0.3) is 0 Å². The van der Waals surface area contributed by atoms with Crippen molar-refractivity contribution in [3.05, 3.63) is 24.3 Å². The van der Waals surface area contributed by atoms with Crippen molar-refractivity contribution in [2.75, 3.05) is 0 Å². The molecule has 140 valence electrons. The number of ether oxygens (including phenoxy) is 2. The number of benzene rings is 1. The normalized spacial score (nSPS) is 21.2. The number of hydrogen-bond donors (Lipinski definition) is 0. The van der Waals surface area contributed by atoms with E-state index in [9.17, 15) is 22.4 Å². The third-order valence-electron chi connectivity index (χ3n) is 4.43. The lowest BCUT2D eigenvalue weighted by molar-refractivity contribution is -0.253. The molecule has 25 heavy (non-hydrogen) atoms. The molecule has 2 rings (SSSR count). The average molecular weight is 362 g/mol. The van der Waals surface area contributed by atoms with Gasteiger partial charge in [0, 0.05) is 0 Å². The molecule has 0 aliphatic heterocycles. The molecule has 1 aromatic rings. The van der Waals surface area contributed by atoms with Gasteiger partial charge < -0.3 is 9.47 Å². The summed E-state index contributed by atoms with van der Waals surface area (Å²) in [6, 6.07) is 4.63. The first-order valence-corrected chi connectivity index (χ1v) is 8.48. The number of alkyl halides is 4. The second-order valence-corrected chi connectivity index (χ2v) is 6.36. The number of esters is 1. The lowest BCUT2D eigenvalue weighted by atomic mass is 9.80. The SMILES string of the molecule is CCC[C@H]1CC[C@H](C(=O)Oc2ccc(OC(F)(F)C(F)F)cc2)CC1. The fourth-order valence-electron chi connectivity index (χ4n) is 3.07. The number of rotatable bonds is 7. The van der Waals surface area contributed by atoms with Gasteiger partial charge in [0.15, 0.2) is 0 Å². The van der Waals surface area contributed by atoms with Crippen LogP contribution in [0.15, 0.2) is 24.3 Å². The summed E-state index contributed by atoms with van der Waals surface area (Å²) in [5.41, 5.74) is 0. The summed E-state index contributed by atoms with van der Waals surface area (Å²) in [6.07, 6.45) is -2.60. The molecule has 0 aromatic heterocycles. The number of hydrogen-bond acceptors (Lipinski definition) is 3. The van der Waals surface area contributed by atoms with Crippen molar-refractivity contribution in [2.24, 2.45) is 11.8 Å². The number of halogens is 4. The van der Waals surface area contributed by atoms with Gasteiger partial charge in [0.1, 0.15) is 11.5 Å². The Bertz CT molecular complexity index is 552. The lowest BCUT2D eigenvalue weighted by Gasteiger charge is -2.26. The average Bonchev–Trinajstić information content (AvgIpc) is 2.57. The van der Waals surface area contributed by atoms with E-state index in [1.165, 1.54) is 18.6 Å². The molecule has 1 aromatic carbocycles. The zero-order chi connectivity index (χ0) is 18.4. The molecule has 0 amide bonds. The molecule has 3 nitrogen and oxygen atoms in total. The highest BCUT2D eigenvalue weighted by atomic mass is 19.3. The van der Waals surface area contributed by atoms with E-state index < -0.39 is 18.3 Å². The van der Waals surface area contributed by atoms with Crippen molar-refractivity contribution in [1.82, 2.24) is 0 Å². The molecule has 0 N–H and O–H groups in total. The smallest absolute Gasteiger partial charge is 0.428 e. The first-order chi connectivity index (χ1) is 11.8. The summed E-state index contributed by atoms with van der Waals surface area (Å²) in [5.74, 6) is -0.0886. The molecule has 1 saturated carbocycles. The van der Waals surface area contributed by atoms with Gasteiger partial charge >= 0.3 is 18.5 Å². The predicted octanol–water partition coefficient (Wildman–Crippen LogP) is 5.44. The van der Waals surface area contributed by atoms with E-state index in [-0.39, 0.29) is 17.6 Å². The summed E-state index contributed by atoms with van der Waals surface area (Å²) in [7, 11) is 0. The molecule has 0 saturated heterocycles. The summed E-state index contributed by atoms with van der Waals surface area (Å²) in [6.45, 7) is 2.14. The van der Waals surface area contributed by atoms with Crippen LogP contribution in [0.4, 0.5) is 17.6 Å². The highest BCUT2D eigenvalue weighted by Gasteiger charge is 2.43. The molecule has 0 unspecified atom stereocenters. The van der Waals surface area contributed by atoms with Crippen LogP contribution in [0.5, 0.6) is 11.5 Å². The quantitative estimate of drug-likeness (QED) is 0.368. The van der Waals surface area contributed by atoms with Crippen molar-refractivity contribution < 1.29 is 31.8 Å². The molecule has 0 heterocycles. The lowest BCUT2D eigenvalue weighted by Crippen LogP contribution is -2.33. The Morgan fingerprint density at radius 1 is 1.12 bits per heavy atom. The molecular weight excluding hydrogens is 340 g/mol. The highest BCUT2D eigenvalue weighted by molar-refractivity contribution is 5.75. The van der Waals surface area contributed by atoms with Crippen LogP contribution in [-0.2, 0) is 4.79 Å². The number of carbonyl (C=O) groups is 1. The van der Waals surface area contributed by atoms with E-state index in [1.54, 1.807) is 0 Å². The third-order valence-corrected chi connectivity index (χ3v) is 4.43. The van der Waals surface area contributed by atoms with Gasteiger partial charge in [-0.15, -0.1) is 0 Å². The van der Waals surface area contributed by atoms with Crippen molar-refractivity contribution in [3.8, 4) is 11.5 Å². The molecule has 0 atom stereocenters. The van der Waals surface area contributed by atoms with Crippen LogP contribution in [0.2, 0.25) is 0 Å². The topological polar surface area (TPSA) is 35.5 Å². The van der Waals surface area contributed by atoms with Gasteiger partial charge in [-0.25, -0.2) is 0 Å². The van der Waals surface area contributed by atoms with E-state index in [2.05, 4.69) is 11.7 Å². The minimum Gasteiger partial charge on any atom is -0.428 e. The van der Waals surface area contributed by atoms with Gasteiger partial charge in [-0.3, -0.25) is 4.79 Å². The Morgan fingerprint density at radius 2 is 1.68 bits per heavy atom. The van der Waals surface area contributed by atoms with Gasteiger partial charge in [-0.05, 0) is 55.9 Å². The maximum absolute atomic E-state index is 12.8. The molecule has 1 aliphatic carbocycles. The molecular formula is C18H22F4O3. The van der Waals surface area contributed by atoms with Crippen LogP contribution in [-0.4, -0.2) is 18.5 Å². The van der Waals surface area contributed by atoms with Crippen molar-refractivity contribution in [1.29, 1.82) is 0 Å². The van der Waals surface area contributed by atoms with Crippen molar-refractivity contribution >= 4 is 5.97 Å². The molecule has 0 spiro atoms. The van der Waals surface area contributed by atoms with E-state index in [1.807, 2.05) is 0 Å². The van der Waals surface area contributed by atoms with E-state index >= 15 is 0 Å². The van der Waals surface area contributed by atoms with Gasteiger partial charge in [0.2, 0.25) is 0 Å². The standard InChI is InChI=1S/C18H22F4O3/c1-2-3-12-4-6-13(7-5-12)16(23)24-14-8-10-15(11-9-14)25-18(21,22)17(19)20/h8-13,17H,2-7H2,1H3/t12-,13-. The molecule has 0 radical (unpaired) electrons. The number of carbonyl (C=O) groups excluding carboxylic acids is 1. The third kappa shape index (κ3) is 5.61. The van der Waals surface area contributed by atoms with Crippen LogP contribution in [0.1, 0.15) is 45.4 Å². The van der Waals surface area contributed by atoms with Crippen LogP contribution in [0, 0.1) is 11.8 Å². The van der Waals surface area contributed by atoms with Gasteiger partial charge in [-0.2, -0.15) is 17.6 Å². The van der Waals surface area contributed by atoms with Gasteiger partial charge in [0.05, 0.1) is 5.92 Å². The summed E-state index contributed by atoms with van der Waals surface area (Å²) in [4.78, 5) is 12.2. The molecule has 1 aliphatic rings. The van der Waals surface area contributed by atoms with Crippen LogP contribution in [0.3, 0.4) is 0 Å². The zero-order valence-electron chi connectivity index (χ0n) is 14.0. The monoisotopic (exact) mass is 362 g/mol. The fraction of sp³-hybridized carbons (Fsp3) is 0.611.